The van der Waals surface area contributed by atoms with E-state index in [0.717, 1.165) is 49.1 Å². The zero-order valence-electron chi connectivity index (χ0n) is 20.4. The van der Waals surface area contributed by atoms with Crippen molar-refractivity contribution >= 4 is 28.5 Å². The number of nitrogens with one attached hydrogen (secondary N) is 1. The summed E-state index contributed by atoms with van der Waals surface area (Å²) in [5.74, 6) is 1.84. The van der Waals surface area contributed by atoms with Crippen molar-refractivity contribution in [3.05, 3.63) is 52.8 Å². The summed E-state index contributed by atoms with van der Waals surface area (Å²) in [6.45, 7) is 9.17. The molecule has 0 radical (unpaired) electrons. The Morgan fingerprint density at radius 2 is 2.14 bits per heavy atom. The van der Waals surface area contributed by atoms with Crippen LogP contribution in [-0.2, 0) is 17.9 Å². The maximum Gasteiger partial charge on any atom is 0.227 e. The highest BCUT2D eigenvalue weighted by atomic mass is 35.5. The number of ether oxygens (including phenoxy) is 2. The van der Waals surface area contributed by atoms with Crippen LogP contribution >= 0.6 is 11.6 Å². The van der Waals surface area contributed by atoms with E-state index in [-0.39, 0.29) is 11.8 Å². The highest BCUT2D eigenvalue weighted by Gasteiger charge is 2.32. The zero-order valence-corrected chi connectivity index (χ0v) is 21.2. The molecule has 1 N–H and O–H groups in total. The molecule has 1 amide bonds. The molecule has 1 unspecified atom stereocenters. The predicted molar refractivity (Wildman–Crippen MR) is 137 cm³/mol. The molecule has 8 heteroatoms. The van der Waals surface area contributed by atoms with E-state index in [1.165, 1.54) is 5.56 Å². The summed E-state index contributed by atoms with van der Waals surface area (Å²) in [6, 6.07) is 10.1. The van der Waals surface area contributed by atoms with Crippen LogP contribution < -0.4 is 9.47 Å². The van der Waals surface area contributed by atoms with Crippen LogP contribution in [0.4, 0.5) is 0 Å². The number of rotatable bonds is 7. The standard InChI is InChI=1S/C27H33ClN4O3/c1-18(2)13-32(14-19-11-22(28)26-24(12-19)34-9-4-10-35-26)27(33)21-7-8-31(16-21)15-20-5-3-6-23-25(20)30-17-29-23/h3,5-6,11-12,17-18,21H,4,7-10,13-16H2,1-2H3,(H,29,30). The Balaban J connectivity index is 1.28. The lowest BCUT2D eigenvalue weighted by Gasteiger charge is -2.28. The number of imidazole rings is 1. The minimum Gasteiger partial charge on any atom is -0.489 e. The van der Waals surface area contributed by atoms with Crippen LogP contribution in [0.5, 0.6) is 11.5 Å². The van der Waals surface area contributed by atoms with E-state index in [0.29, 0.717) is 48.7 Å². The van der Waals surface area contributed by atoms with E-state index in [1.807, 2.05) is 23.1 Å². The second kappa shape index (κ2) is 10.5. The number of hydrogen-bond donors (Lipinski definition) is 1. The summed E-state index contributed by atoms with van der Waals surface area (Å²) in [7, 11) is 0. The fraction of sp³-hybridized carbons (Fsp3) is 0.481. The molecular weight excluding hydrogens is 464 g/mol. The number of fused-ring (bicyclic) bond motifs is 2. The average molecular weight is 497 g/mol. The van der Waals surface area contributed by atoms with Gasteiger partial charge in [-0.05, 0) is 48.2 Å². The summed E-state index contributed by atoms with van der Waals surface area (Å²) in [6.07, 6.45) is 3.43. The van der Waals surface area contributed by atoms with Gasteiger partial charge >= 0.3 is 0 Å². The van der Waals surface area contributed by atoms with Gasteiger partial charge in [-0.2, -0.15) is 0 Å². The Labute approximate surface area is 211 Å². The first-order chi connectivity index (χ1) is 17.0. The Morgan fingerprint density at radius 3 is 3.00 bits per heavy atom. The second-order valence-corrected chi connectivity index (χ2v) is 10.4. The molecule has 186 valence electrons. The van der Waals surface area contributed by atoms with Crippen LogP contribution in [0.2, 0.25) is 5.02 Å². The van der Waals surface area contributed by atoms with Crippen LogP contribution in [0.25, 0.3) is 11.0 Å². The summed E-state index contributed by atoms with van der Waals surface area (Å²) >= 11 is 6.52. The van der Waals surface area contributed by atoms with Gasteiger partial charge in [0.2, 0.25) is 5.91 Å². The number of likely N-dealkylation sites (tertiary alicyclic amines) is 1. The van der Waals surface area contributed by atoms with Crippen LogP contribution in [0.15, 0.2) is 36.7 Å². The minimum absolute atomic E-state index is 0.0111. The lowest BCUT2D eigenvalue weighted by Crippen LogP contribution is -2.39. The second-order valence-electron chi connectivity index (χ2n) is 10.0. The fourth-order valence-corrected chi connectivity index (χ4v) is 5.39. The third-order valence-corrected chi connectivity index (χ3v) is 6.96. The van der Waals surface area contributed by atoms with Crippen LogP contribution in [0.1, 0.15) is 37.8 Å². The maximum absolute atomic E-state index is 13.7. The molecule has 35 heavy (non-hydrogen) atoms. The molecule has 1 atom stereocenters. The van der Waals surface area contributed by atoms with Crippen LogP contribution in [0, 0.1) is 11.8 Å². The number of benzene rings is 2. The molecule has 1 aromatic heterocycles. The van der Waals surface area contributed by atoms with Gasteiger partial charge in [0.15, 0.2) is 11.5 Å². The summed E-state index contributed by atoms with van der Waals surface area (Å²) in [5, 5.41) is 0.538. The molecule has 3 heterocycles. The number of hydrogen-bond acceptors (Lipinski definition) is 5. The van der Waals surface area contributed by atoms with Crippen molar-refractivity contribution in [2.45, 2.75) is 39.8 Å². The van der Waals surface area contributed by atoms with Gasteiger partial charge in [0, 0.05) is 32.6 Å². The van der Waals surface area contributed by atoms with Gasteiger partial charge in [0.05, 0.1) is 41.5 Å². The number of carbonyl (C=O) groups is 1. The molecule has 0 spiro atoms. The Hall–Kier alpha value is -2.77. The molecule has 0 bridgehead atoms. The fourth-order valence-electron chi connectivity index (χ4n) is 5.10. The molecular formula is C27H33ClN4O3. The van der Waals surface area contributed by atoms with Gasteiger partial charge < -0.3 is 19.4 Å². The average Bonchev–Trinajstić information content (AvgIpc) is 3.43. The smallest absolute Gasteiger partial charge is 0.227 e. The SMILES string of the molecule is CC(C)CN(Cc1cc(Cl)c2c(c1)OCCCO2)C(=O)C1CCN(Cc2cccc3[nH]cnc23)C1. The van der Waals surface area contributed by atoms with Crippen molar-refractivity contribution in [1.82, 2.24) is 19.8 Å². The van der Waals surface area contributed by atoms with E-state index in [2.05, 4.69) is 40.8 Å². The van der Waals surface area contributed by atoms with Crippen molar-refractivity contribution in [3.63, 3.8) is 0 Å². The number of aromatic nitrogens is 2. The van der Waals surface area contributed by atoms with Gasteiger partial charge in [0.1, 0.15) is 0 Å². The van der Waals surface area contributed by atoms with E-state index < -0.39 is 0 Å². The first-order valence-corrected chi connectivity index (χ1v) is 12.9. The van der Waals surface area contributed by atoms with E-state index in [9.17, 15) is 4.79 Å². The van der Waals surface area contributed by atoms with E-state index in [4.69, 9.17) is 21.1 Å². The number of halogens is 1. The van der Waals surface area contributed by atoms with Gasteiger partial charge in [-0.1, -0.05) is 37.6 Å². The number of aromatic amines is 1. The lowest BCUT2D eigenvalue weighted by molar-refractivity contribution is -0.136. The number of nitrogens with zero attached hydrogens (tertiary/aromatic N) is 3. The van der Waals surface area contributed by atoms with E-state index in [1.54, 1.807) is 6.33 Å². The van der Waals surface area contributed by atoms with Gasteiger partial charge in [-0.25, -0.2) is 4.98 Å². The van der Waals surface area contributed by atoms with Crippen molar-refractivity contribution in [2.24, 2.45) is 11.8 Å². The number of amides is 1. The van der Waals surface area contributed by atoms with Crippen molar-refractivity contribution in [3.8, 4) is 11.5 Å². The Bertz CT molecular complexity index is 1190. The molecule has 2 aliphatic rings. The maximum atomic E-state index is 13.7. The number of para-hydroxylation sites is 1. The van der Waals surface area contributed by atoms with E-state index >= 15 is 0 Å². The molecule has 3 aromatic rings. The first kappa shape index (κ1) is 23.9. The normalized spacial score (nSPS) is 18.2. The number of carbonyl (C=O) groups excluding carboxylic acids is 1. The summed E-state index contributed by atoms with van der Waals surface area (Å²) in [4.78, 5) is 25.7. The molecule has 1 fully saturated rings. The molecule has 7 nitrogen and oxygen atoms in total. The van der Waals surface area contributed by atoms with Crippen LogP contribution in [-0.4, -0.2) is 58.5 Å². The monoisotopic (exact) mass is 496 g/mol. The third kappa shape index (κ3) is 5.41. The Kier molecular flexibility index (Phi) is 7.16. The summed E-state index contributed by atoms with van der Waals surface area (Å²) < 4.78 is 11.6. The van der Waals surface area contributed by atoms with Gasteiger partial charge in [-0.15, -0.1) is 0 Å². The molecule has 5 rings (SSSR count). The van der Waals surface area contributed by atoms with Crippen molar-refractivity contribution in [1.29, 1.82) is 0 Å². The third-order valence-electron chi connectivity index (χ3n) is 6.68. The molecule has 2 aromatic carbocycles. The lowest BCUT2D eigenvalue weighted by atomic mass is 10.0. The molecule has 0 saturated carbocycles. The van der Waals surface area contributed by atoms with Crippen LogP contribution in [0.3, 0.4) is 0 Å². The molecule has 0 aliphatic carbocycles. The number of H-pyrrole nitrogens is 1. The molecule has 2 aliphatic heterocycles. The topological polar surface area (TPSA) is 70.7 Å². The Morgan fingerprint density at radius 1 is 1.29 bits per heavy atom. The summed E-state index contributed by atoms with van der Waals surface area (Å²) in [5.41, 5.74) is 4.22. The zero-order chi connectivity index (χ0) is 24.4. The predicted octanol–water partition coefficient (Wildman–Crippen LogP) is 4.88. The molecule has 1 saturated heterocycles. The highest BCUT2D eigenvalue weighted by Crippen LogP contribution is 2.38. The first-order valence-electron chi connectivity index (χ1n) is 12.5. The highest BCUT2D eigenvalue weighted by molar-refractivity contribution is 6.32. The van der Waals surface area contributed by atoms with Gasteiger partial charge in [-0.3, -0.25) is 9.69 Å². The minimum atomic E-state index is -0.0111. The van der Waals surface area contributed by atoms with Gasteiger partial charge in [0.25, 0.3) is 0 Å². The quantitative estimate of drug-likeness (QED) is 0.504. The van der Waals surface area contributed by atoms with Crippen molar-refractivity contribution < 1.29 is 14.3 Å². The van der Waals surface area contributed by atoms with Crippen molar-refractivity contribution in [2.75, 3.05) is 32.8 Å². The largest absolute Gasteiger partial charge is 0.489 e.